The summed E-state index contributed by atoms with van der Waals surface area (Å²) in [4.78, 5) is 18.0. The number of halogens is 1. The first-order valence-electron chi connectivity index (χ1n) is 9.69. The van der Waals surface area contributed by atoms with Gasteiger partial charge in [-0.1, -0.05) is 29.8 Å². The van der Waals surface area contributed by atoms with Crippen LogP contribution in [0.5, 0.6) is 11.5 Å². The minimum atomic E-state index is -0.170. The molecule has 2 aromatic rings. The van der Waals surface area contributed by atoms with Gasteiger partial charge in [-0.2, -0.15) is 0 Å². The highest BCUT2D eigenvalue weighted by Crippen LogP contribution is 2.28. The second-order valence-electron chi connectivity index (χ2n) is 6.61. The number of amides is 1. The molecule has 0 aromatic heterocycles. The third-order valence-corrected chi connectivity index (χ3v) is 4.53. The van der Waals surface area contributed by atoms with Crippen LogP contribution in [0.1, 0.15) is 18.1 Å². The number of nitrogens with one attached hydrogen (secondary N) is 2. The Kier molecular flexibility index (Phi) is 9.28. The quantitative estimate of drug-likeness (QED) is 0.470. The Morgan fingerprint density at radius 2 is 1.93 bits per heavy atom. The number of ether oxygens (including phenoxy) is 2. The van der Waals surface area contributed by atoms with Crippen molar-refractivity contribution in [3.05, 3.63) is 58.6 Å². The van der Waals surface area contributed by atoms with E-state index in [1.807, 2.05) is 55.3 Å². The third-order valence-electron chi connectivity index (χ3n) is 4.29. The van der Waals surface area contributed by atoms with E-state index in [2.05, 4.69) is 15.6 Å². The van der Waals surface area contributed by atoms with Crippen LogP contribution in [-0.4, -0.2) is 51.1 Å². The summed E-state index contributed by atoms with van der Waals surface area (Å²) >= 11 is 6.07. The number of hydrogen-bond donors (Lipinski definition) is 2. The number of methoxy groups -OCH3 is 1. The van der Waals surface area contributed by atoms with Crippen molar-refractivity contribution in [3.63, 3.8) is 0 Å². The van der Waals surface area contributed by atoms with Crippen molar-refractivity contribution in [2.45, 2.75) is 20.0 Å². The molecule has 0 bridgehead atoms. The molecule has 0 saturated heterocycles. The molecule has 1 amide bonds. The van der Waals surface area contributed by atoms with Crippen molar-refractivity contribution in [3.8, 4) is 11.5 Å². The first-order chi connectivity index (χ1) is 14.5. The zero-order valence-electron chi connectivity index (χ0n) is 17.9. The van der Waals surface area contributed by atoms with Crippen LogP contribution in [0, 0.1) is 0 Å². The van der Waals surface area contributed by atoms with Gasteiger partial charge in [-0.25, -0.2) is 0 Å². The van der Waals surface area contributed by atoms with Gasteiger partial charge >= 0.3 is 0 Å². The fourth-order valence-electron chi connectivity index (χ4n) is 2.88. The summed E-state index contributed by atoms with van der Waals surface area (Å²) < 4.78 is 11.0. The maximum atomic E-state index is 11.6. The van der Waals surface area contributed by atoms with Crippen LogP contribution in [0.4, 0.5) is 0 Å². The lowest BCUT2D eigenvalue weighted by molar-refractivity contribution is -0.123. The van der Waals surface area contributed by atoms with Gasteiger partial charge in [-0.05, 0) is 42.3 Å². The van der Waals surface area contributed by atoms with E-state index in [1.165, 1.54) is 0 Å². The van der Waals surface area contributed by atoms with Gasteiger partial charge in [-0.3, -0.25) is 9.79 Å². The SMILES string of the molecule is CCNC(=O)COc1ccc(CNC(=NC)N(C)Cc2cccc(Cl)c2)cc1OC. The van der Waals surface area contributed by atoms with E-state index in [1.54, 1.807) is 20.2 Å². The Labute approximate surface area is 183 Å². The molecule has 0 aliphatic carbocycles. The molecule has 0 aliphatic heterocycles. The fraction of sp³-hybridized carbons (Fsp3) is 0.364. The van der Waals surface area contributed by atoms with E-state index in [-0.39, 0.29) is 12.5 Å². The Balaban J connectivity index is 1.96. The monoisotopic (exact) mass is 432 g/mol. The number of aliphatic imine (C=N–C) groups is 1. The van der Waals surface area contributed by atoms with E-state index in [0.29, 0.717) is 36.2 Å². The molecule has 162 valence electrons. The number of hydrogen-bond acceptors (Lipinski definition) is 4. The van der Waals surface area contributed by atoms with Gasteiger partial charge in [0.25, 0.3) is 5.91 Å². The van der Waals surface area contributed by atoms with Gasteiger partial charge in [0.2, 0.25) is 0 Å². The molecule has 0 fully saturated rings. The van der Waals surface area contributed by atoms with Gasteiger partial charge in [0, 0.05) is 38.8 Å². The van der Waals surface area contributed by atoms with E-state index < -0.39 is 0 Å². The second-order valence-corrected chi connectivity index (χ2v) is 7.05. The Morgan fingerprint density at radius 3 is 2.60 bits per heavy atom. The van der Waals surface area contributed by atoms with E-state index in [9.17, 15) is 4.79 Å². The number of guanidine groups is 1. The first kappa shape index (κ1) is 23.3. The zero-order valence-corrected chi connectivity index (χ0v) is 18.6. The van der Waals surface area contributed by atoms with Gasteiger partial charge in [-0.15, -0.1) is 0 Å². The summed E-state index contributed by atoms with van der Waals surface area (Å²) in [6.45, 7) is 3.61. The van der Waals surface area contributed by atoms with E-state index in [4.69, 9.17) is 21.1 Å². The molecule has 0 aliphatic rings. The topological polar surface area (TPSA) is 75.2 Å². The predicted octanol–water partition coefficient (Wildman–Crippen LogP) is 3.07. The molecule has 2 rings (SSSR count). The minimum absolute atomic E-state index is 0.0528. The number of nitrogens with zero attached hydrogens (tertiary/aromatic N) is 2. The van der Waals surface area contributed by atoms with Crippen LogP contribution in [0.25, 0.3) is 0 Å². The number of likely N-dealkylation sites (N-methyl/N-ethyl adjacent to an activating group) is 1. The Hall–Kier alpha value is -2.93. The van der Waals surface area contributed by atoms with E-state index >= 15 is 0 Å². The Morgan fingerprint density at radius 1 is 1.13 bits per heavy atom. The van der Waals surface area contributed by atoms with Crippen molar-refractivity contribution in [2.75, 3.05) is 34.4 Å². The van der Waals surface area contributed by atoms with Crippen LogP contribution < -0.4 is 20.1 Å². The fourth-order valence-corrected chi connectivity index (χ4v) is 3.10. The van der Waals surface area contributed by atoms with Gasteiger partial charge in [0.1, 0.15) is 0 Å². The number of rotatable bonds is 9. The van der Waals surface area contributed by atoms with Gasteiger partial charge < -0.3 is 25.0 Å². The standard InChI is InChI=1S/C22H29ClN4O3/c1-5-25-21(28)15-30-19-10-9-16(12-20(19)29-4)13-26-22(24-2)27(3)14-17-7-6-8-18(23)11-17/h6-12H,5,13-15H2,1-4H3,(H,24,26)(H,25,28). The molecule has 30 heavy (non-hydrogen) atoms. The van der Waals surface area contributed by atoms with Crippen LogP contribution in [0.2, 0.25) is 5.02 Å². The molecule has 2 N–H and O–H groups in total. The second kappa shape index (κ2) is 11.9. The summed E-state index contributed by atoms with van der Waals surface area (Å²) in [5.41, 5.74) is 2.10. The summed E-state index contributed by atoms with van der Waals surface area (Å²) in [5, 5.41) is 6.75. The minimum Gasteiger partial charge on any atom is -0.493 e. The average Bonchev–Trinajstić information content (AvgIpc) is 2.73. The number of carbonyl (C=O) groups excluding carboxylic acids is 1. The molecular formula is C22H29ClN4O3. The van der Waals surface area contributed by atoms with Crippen molar-refractivity contribution >= 4 is 23.5 Å². The number of benzene rings is 2. The Bertz CT molecular complexity index is 873. The lowest BCUT2D eigenvalue weighted by atomic mass is 10.2. The lowest BCUT2D eigenvalue weighted by Gasteiger charge is -2.22. The van der Waals surface area contributed by atoms with Crippen molar-refractivity contribution in [1.82, 2.24) is 15.5 Å². The smallest absolute Gasteiger partial charge is 0.257 e. The van der Waals surface area contributed by atoms with Gasteiger partial charge in [0.15, 0.2) is 24.1 Å². The van der Waals surface area contributed by atoms with Crippen molar-refractivity contribution in [2.24, 2.45) is 4.99 Å². The summed E-state index contributed by atoms with van der Waals surface area (Å²) in [6, 6.07) is 13.4. The lowest BCUT2D eigenvalue weighted by Crippen LogP contribution is -2.38. The molecule has 0 saturated carbocycles. The van der Waals surface area contributed by atoms with Crippen LogP contribution in [0.15, 0.2) is 47.5 Å². The van der Waals surface area contributed by atoms with E-state index in [0.717, 1.165) is 17.1 Å². The molecule has 8 heteroatoms. The summed E-state index contributed by atoms with van der Waals surface area (Å²) in [5.74, 6) is 1.68. The average molecular weight is 433 g/mol. The van der Waals surface area contributed by atoms with Crippen molar-refractivity contribution in [1.29, 1.82) is 0 Å². The molecule has 0 atom stereocenters. The molecular weight excluding hydrogens is 404 g/mol. The molecule has 0 spiro atoms. The van der Waals surface area contributed by atoms with Crippen LogP contribution in [-0.2, 0) is 17.9 Å². The molecule has 0 unspecified atom stereocenters. The molecule has 2 aromatic carbocycles. The first-order valence-corrected chi connectivity index (χ1v) is 10.1. The highest BCUT2D eigenvalue weighted by Gasteiger charge is 2.10. The number of carbonyl (C=O) groups is 1. The summed E-state index contributed by atoms with van der Waals surface area (Å²) in [7, 11) is 5.29. The third kappa shape index (κ3) is 7.15. The molecule has 0 heterocycles. The highest BCUT2D eigenvalue weighted by atomic mass is 35.5. The molecule has 0 radical (unpaired) electrons. The zero-order chi connectivity index (χ0) is 21.9. The highest BCUT2D eigenvalue weighted by molar-refractivity contribution is 6.30. The van der Waals surface area contributed by atoms with Crippen molar-refractivity contribution < 1.29 is 14.3 Å². The molecule has 7 nitrogen and oxygen atoms in total. The predicted molar refractivity (Wildman–Crippen MR) is 120 cm³/mol. The van der Waals surface area contributed by atoms with Gasteiger partial charge in [0.05, 0.1) is 7.11 Å². The van der Waals surface area contributed by atoms with Crippen LogP contribution >= 0.6 is 11.6 Å². The van der Waals surface area contributed by atoms with Crippen LogP contribution in [0.3, 0.4) is 0 Å². The summed E-state index contributed by atoms with van der Waals surface area (Å²) in [6.07, 6.45) is 0. The maximum Gasteiger partial charge on any atom is 0.257 e. The normalized spacial score (nSPS) is 11.0. The maximum absolute atomic E-state index is 11.6. The largest absolute Gasteiger partial charge is 0.493 e.